The molecule has 0 bridgehead atoms. The SMILES string of the molecule is CO[13c]1nc(N)n[13c](N[C@H]2C[C@H](OCc3ccccc3)[C@@H](COCc3ccccc3)[C@@H]2O)c1[15N]=Nc1ccc(Cl)cc1. The normalized spacial score (nSPS) is 20.2. The van der Waals surface area contributed by atoms with Gasteiger partial charge in [-0.15, -0.1) is 5.11 Å². The summed E-state index contributed by atoms with van der Waals surface area (Å²) in [5.74, 6) is 0.130. The Morgan fingerprint density at radius 2 is 1.60 bits per heavy atom. The second-order valence-corrected chi connectivity index (χ2v) is 10.4. The van der Waals surface area contributed by atoms with Crippen LogP contribution in [0.25, 0.3) is 0 Å². The van der Waals surface area contributed by atoms with E-state index in [0.717, 1.165) is 11.1 Å². The minimum absolute atomic E-state index is 0.00750. The number of nitrogens with zero attached hydrogens (tertiary/aromatic N) is 4. The van der Waals surface area contributed by atoms with Crippen molar-refractivity contribution >= 4 is 34.7 Å². The number of nitrogens with two attached hydrogens (primary N) is 1. The topological polar surface area (TPSA) is 136 Å². The molecular weight excluding hydrogens is 559 g/mol. The lowest BCUT2D eigenvalue weighted by Crippen LogP contribution is -2.35. The molecule has 1 heterocycles. The molecule has 1 aliphatic carbocycles. The van der Waals surface area contributed by atoms with Gasteiger partial charge in [0.25, 0.3) is 0 Å². The van der Waals surface area contributed by atoms with E-state index in [-0.39, 0.29) is 35.4 Å². The zero-order valence-corrected chi connectivity index (χ0v) is 23.9. The van der Waals surface area contributed by atoms with E-state index < -0.39 is 12.1 Å². The summed E-state index contributed by atoms with van der Waals surface area (Å²) in [6.45, 7) is 1.16. The first-order valence-corrected chi connectivity index (χ1v) is 14.0. The molecule has 3 aromatic carbocycles. The molecule has 0 amide bonds. The molecule has 0 saturated heterocycles. The largest absolute Gasteiger partial charge is 0.479 e. The second kappa shape index (κ2) is 14.2. The summed E-state index contributed by atoms with van der Waals surface area (Å²) in [6, 6.07) is 26.3. The molecule has 0 spiro atoms. The van der Waals surface area contributed by atoms with Crippen LogP contribution in [0.5, 0.6) is 5.88 Å². The first-order chi connectivity index (χ1) is 20.5. The van der Waals surface area contributed by atoms with Crippen LogP contribution in [-0.2, 0) is 22.7 Å². The number of aromatic nitrogens is 2. The molecule has 1 aliphatic rings. The van der Waals surface area contributed by atoms with E-state index in [2.05, 4.69) is 25.5 Å². The van der Waals surface area contributed by atoms with Gasteiger partial charge in [-0.2, -0.15) is 15.1 Å². The quantitative estimate of drug-likeness (QED) is 0.133. The number of nitrogens with one attached hydrogen (secondary N) is 1. The third-order valence-corrected chi connectivity index (χ3v) is 7.27. The van der Waals surface area contributed by atoms with E-state index in [1.165, 1.54) is 7.11 Å². The summed E-state index contributed by atoms with van der Waals surface area (Å²) in [6.07, 6.45) is -0.605. The van der Waals surface area contributed by atoms with Gasteiger partial charge < -0.3 is 30.4 Å². The molecule has 0 unspecified atom stereocenters. The molecular formula is C31H33ClN6O4. The van der Waals surface area contributed by atoms with Crippen molar-refractivity contribution < 1.29 is 19.3 Å². The van der Waals surface area contributed by atoms with Gasteiger partial charge in [0.15, 0.2) is 11.5 Å². The lowest BCUT2D eigenvalue weighted by Gasteiger charge is -2.23. The second-order valence-electron chi connectivity index (χ2n) is 9.94. The van der Waals surface area contributed by atoms with Gasteiger partial charge in [-0.1, -0.05) is 72.3 Å². The van der Waals surface area contributed by atoms with Crippen molar-refractivity contribution in [2.45, 2.75) is 37.9 Å². The summed E-state index contributed by atoms with van der Waals surface area (Å²) >= 11 is 5.99. The van der Waals surface area contributed by atoms with E-state index in [9.17, 15) is 5.11 Å². The number of benzene rings is 3. The number of hydrogen-bond acceptors (Lipinski definition) is 10. The number of aliphatic hydroxyl groups excluding tert-OH is 1. The minimum Gasteiger partial charge on any atom is -0.479 e. The van der Waals surface area contributed by atoms with Crippen LogP contribution in [0.15, 0.2) is 95.2 Å². The Labute approximate surface area is 249 Å². The van der Waals surface area contributed by atoms with Crippen LogP contribution in [0.3, 0.4) is 0 Å². The van der Waals surface area contributed by atoms with Crippen molar-refractivity contribution in [3.8, 4) is 5.88 Å². The fourth-order valence-corrected chi connectivity index (χ4v) is 4.99. The maximum atomic E-state index is 11.5. The van der Waals surface area contributed by atoms with Crippen LogP contribution >= 0.6 is 11.6 Å². The smallest absolute Gasteiger partial charge is 0.248 e. The molecule has 1 fully saturated rings. The van der Waals surface area contributed by atoms with Crippen LogP contribution in [0.1, 0.15) is 17.5 Å². The monoisotopic (exact) mass is 591 g/mol. The minimum atomic E-state index is -0.815. The zero-order valence-electron chi connectivity index (χ0n) is 23.1. The lowest BCUT2D eigenvalue weighted by molar-refractivity contribution is -0.0463. The predicted octanol–water partition coefficient (Wildman–Crippen LogP) is 6.10. The highest BCUT2D eigenvalue weighted by Gasteiger charge is 2.44. The first kappa shape index (κ1) is 29.4. The average molecular weight is 592 g/mol. The highest BCUT2D eigenvalue weighted by Crippen LogP contribution is 2.38. The molecule has 5 rings (SSSR count). The molecule has 4 aromatic rings. The van der Waals surface area contributed by atoms with Gasteiger partial charge in [0, 0.05) is 10.9 Å². The number of nitrogen functional groups attached to an aromatic ring is 1. The molecule has 10 nitrogen and oxygen atoms in total. The van der Waals surface area contributed by atoms with E-state index in [1.54, 1.807) is 24.3 Å². The van der Waals surface area contributed by atoms with Gasteiger partial charge in [0.2, 0.25) is 11.8 Å². The fraction of sp³-hybridized carbons (Fsp3) is 0.290. The number of methoxy groups -OCH3 is 1. The fourth-order valence-electron chi connectivity index (χ4n) is 4.86. The number of anilines is 2. The highest BCUT2D eigenvalue weighted by atomic mass is 35.5. The molecule has 1 saturated carbocycles. The van der Waals surface area contributed by atoms with Gasteiger partial charge in [-0.3, -0.25) is 0 Å². The lowest BCUT2D eigenvalue weighted by atomic mass is 10.0. The molecule has 218 valence electrons. The number of halogens is 1. The van der Waals surface area contributed by atoms with E-state index >= 15 is 0 Å². The summed E-state index contributed by atoms with van der Waals surface area (Å²) in [5.41, 5.74) is 8.92. The van der Waals surface area contributed by atoms with Crippen LogP contribution in [0.4, 0.5) is 23.1 Å². The summed E-state index contributed by atoms with van der Waals surface area (Å²) < 4.78 is 17.8. The summed E-state index contributed by atoms with van der Waals surface area (Å²) in [7, 11) is 1.46. The molecule has 11 heteroatoms. The van der Waals surface area contributed by atoms with Crippen LogP contribution in [-0.4, -0.2) is 47.0 Å². The molecule has 1 aromatic heterocycles. The van der Waals surface area contributed by atoms with Crippen molar-refractivity contribution in [2.75, 3.05) is 24.8 Å². The van der Waals surface area contributed by atoms with E-state index in [0.29, 0.717) is 37.0 Å². The van der Waals surface area contributed by atoms with Crippen molar-refractivity contribution in [1.82, 2.24) is 9.97 Å². The Kier molecular flexibility index (Phi) is 9.94. The van der Waals surface area contributed by atoms with Crippen molar-refractivity contribution in [1.29, 1.82) is 0 Å². The number of hydrogen-bond donors (Lipinski definition) is 3. The van der Waals surface area contributed by atoms with Crippen LogP contribution < -0.4 is 15.8 Å². The van der Waals surface area contributed by atoms with E-state index in [4.69, 9.17) is 31.5 Å². The Balaban J connectivity index is 1.35. The van der Waals surface area contributed by atoms with Gasteiger partial charge in [-0.25, -0.2) is 0 Å². The van der Waals surface area contributed by atoms with Gasteiger partial charge in [-0.05, 0) is 41.8 Å². The van der Waals surface area contributed by atoms with Crippen LogP contribution in [0.2, 0.25) is 5.02 Å². The van der Waals surface area contributed by atoms with Crippen molar-refractivity contribution in [3.63, 3.8) is 0 Å². The maximum absolute atomic E-state index is 11.5. The van der Waals surface area contributed by atoms with Crippen LogP contribution in [0, 0.1) is 5.92 Å². The molecule has 0 radical (unpaired) electrons. The van der Waals surface area contributed by atoms with Gasteiger partial charge in [0.1, 0.15) is 0 Å². The summed E-state index contributed by atoms with van der Waals surface area (Å²) in [4.78, 5) is 8.53. The molecule has 4 atom stereocenters. The highest BCUT2D eigenvalue weighted by molar-refractivity contribution is 6.30. The number of ether oxygens (including phenoxy) is 3. The first-order valence-electron chi connectivity index (χ1n) is 13.6. The Morgan fingerprint density at radius 3 is 2.26 bits per heavy atom. The number of azo groups is 1. The third-order valence-electron chi connectivity index (χ3n) is 7.02. The van der Waals surface area contributed by atoms with Gasteiger partial charge in [0.05, 0.1) is 50.9 Å². The van der Waals surface area contributed by atoms with E-state index in [1.807, 2.05) is 60.7 Å². The summed E-state index contributed by atoms with van der Waals surface area (Å²) in [5, 5.41) is 24.1. The standard InChI is InChI=1S/C31H33ClN6O4/c1-40-30-27(38-37-23-14-12-22(32)13-15-23)29(35-31(33)36-30)34-25-16-26(42-18-21-10-6-3-7-11-21)24(28(25)39)19-41-17-20-8-4-2-5-9-20/h2-15,24-26,28,39H,16-19H2,1H3,(H3,33,34,35,36)/t24-,25+,26+,28+/m1/s1/i29+1,30+1,38+1. The Morgan fingerprint density at radius 1 is 0.929 bits per heavy atom. The third kappa shape index (κ3) is 7.59. The number of aliphatic hydroxyl groups is 1. The van der Waals surface area contributed by atoms with Gasteiger partial charge >= 0.3 is 0 Å². The number of rotatable bonds is 12. The Hall–Kier alpha value is -4.09. The molecule has 42 heavy (non-hydrogen) atoms. The maximum Gasteiger partial charge on any atom is 0.248 e. The average Bonchev–Trinajstić information content (AvgIpc) is 3.30. The molecule has 0 aliphatic heterocycles. The molecule has 4 N–H and O–H groups in total. The van der Waals surface area contributed by atoms with Crippen molar-refractivity contribution in [3.05, 3.63) is 101 Å². The van der Waals surface area contributed by atoms with Crippen molar-refractivity contribution in [2.24, 2.45) is 16.1 Å². The predicted molar refractivity (Wildman–Crippen MR) is 161 cm³/mol. The zero-order chi connectivity index (χ0) is 29.3. The Bertz CT molecular complexity index is 1460.